The fraction of sp³-hybridized carbons (Fsp3) is 0.190. The van der Waals surface area contributed by atoms with E-state index in [-0.39, 0.29) is 11.5 Å². The highest BCUT2D eigenvalue weighted by molar-refractivity contribution is 6.31. The maximum Gasteiger partial charge on any atom is 0.248 e. The van der Waals surface area contributed by atoms with Crippen LogP contribution >= 0.6 is 11.6 Å². The Hall–Kier alpha value is -3.08. The first-order valence-corrected chi connectivity index (χ1v) is 8.61. The summed E-state index contributed by atoms with van der Waals surface area (Å²) in [4.78, 5) is 15.1. The van der Waals surface area contributed by atoms with Gasteiger partial charge in [-0.05, 0) is 29.7 Å². The molecule has 2 atom stereocenters. The number of halogens is 1. The van der Waals surface area contributed by atoms with Crippen molar-refractivity contribution < 1.29 is 0 Å². The predicted octanol–water partition coefficient (Wildman–Crippen LogP) is 4.40. The zero-order valence-corrected chi connectivity index (χ0v) is 14.7. The molecule has 1 aliphatic carbocycles. The molecule has 2 unspecified atom stereocenters. The Morgan fingerprint density at radius 1 is 1.04 bits per heavy atom. The van der Waals surface area contributed by atoms with Crippen molar-refractivity contribution in [1.82, 2.24) is 4.98 Å². The van der Waals surface area contributed by atoms with Gasteiger partial charge >= 0.3 is 0 Å². The number of H-pyrrole nitrogens is 1. The van der Waals surface area contributed by atoms with E-state index in [0.717, 1.165) is 27.6 Å². The van der Waals surface area contributed by atoms with Crippen LogP contribution in [0.2, 0.25) is 5.02 Å². The zero-order chi connectivity index (χ0) is 18.5. The molecule has 0 amide bonds. The van der Waals surface area contributed by atoms with Gasteiger partial charge in [-0.2, -0.15) is 10.5 Å². The lowest BCUT2D eigenvalue weighted by molar-refractivity contribution is 0.820. The quantitative estimate of drug-likeness (QED) is 0.736. The molecular weight excluding hydrogens is 346 g/mol. The highest BCUT2D eigenvalue weighted by atomic mass is 35.5. The van der Waals surface area contributed by atoms with E-state index in [4.69, 9.17) is 11.6 Å². The summed E-state index contributed by atoms with van der Waals surface area (Å²) in [6, 6.07) is 18.9. The second kappa shape index (κ2) is 5.73. The number of rotatable bonds is 2. The molecule has 1 aromatic heterocycles. The van der Waals surface area contributed by atoms with Gasteiger partial charge in [-0.1, -0.05) is 48.0 Å². The van der Waals surface area contributed by atoms with Crippen LogP contribution in [0.1, 0.15) is 28.5 Å². The summed E-state index contributed by atoms with van der Waals surface area (Å²) >= 11 is 6.34. The van der Waals surface area contributed by atoms with Crippen molar-refractivity contribution in [3.8, 4) is 12.1 Å². The van der Waals surface area contributed by atoms with Crippen molar-refractivity contribution in [2.75, 3.05) is 0 Å². The van der Waals surface area contributed by atoms with E-state index < -0.39 is 11.3 Å². The molecular formula is C21H14ClN3O. The second-order valence-corrected chi connectivity index (χ2v) is 7.06. The summed E-state index contributed by atoms with van der Waals surface area (Å²) in [5.74, 6) is -0.763. The minimum atomic E-state index is -1.23. The summed E-state index contributed by atoms with van der Waals surface area (Å²) in [6.07, 6.45) is 0. The number of nitrogens with one attached hydrogen (secondary N) is 1. The molecule has 26 heavy (non-hydrogen) atoms. The number of hydrogen-bond acceptors (Lipinski definition) is 3. The van der Waals surface area contributed by atoms with Crippen molar-refractivity contribution in [1.29, 1.82) is 10.5 Å². The third-order valence-electron chi connectivity index (χ3n) is 5.27. The van der Waals surface area contributed by atoms with Gasteiger partial charge in [0, 0.05) is 28.3 Å². The van der Waals surface area contributed by atoms with E-state index in [1.54, 1.807) is 6.07 Å². The fourth-order valence-electron chi connectivity index (χ4n) is 3.98. The largest absolute Gasteiger partial charge is 0.322 e. The maximum atomic E-state index is 12.2. The Bertz CT molecular complexity index is 1170. The summed E-state index contributed by atoms with van der Waals surface area (Å²) in [6.45, 7) is 1.92. The smallest absolute Gasteiger partial charge is 0.248 e. The lowest BCUT2D eigenvalue weighted by atomic mass is 9.97. The van der Waals surface area contributed by atoms with Crippen molar-refractivity contribution in [2.45, 2.75) is 18.8 Å². The molecule has 1 saturated carbocycles. The zero-order valence-electron chi connectivity index (χ0n) is 14.0. The summed E-state index contributed by atoms with van der Waals surface area (Å²) in [5, 5.41) is 21.0. The van der Waals surface area contributed by atoms with Gasteiger partial charge in [-0.25, -0.2) is 0 Å². The topological polar surface area (TPSA) is 80.4 Å². The molecule has 1 aliphatic rings. The third-order valence-corrected chi connectivity index (χ3v) is 5.61. The lowest BCUT2D eigenvalue weighted by Crippen LogP contribution is -2.08. The molecule has 126 valence electrons. The number of fused-ring (bicyclic) bond motifs is 1. The minimum Gasteiger partial charge on any atom is -0.322 e. The third kappa shape index (κ3) is 2.17. The van der Waals surface area contributed by atoms with Crippen molar-refractivity contribution >= 4 is 22.5 Å². The Balaban J connectivity index is 1.99. The summed E-state index contributed by atoms with van der Waals surface area (Å²) in [7, 11) is 0. The van der Waals surface area contributed by atoms with Gasteiger partial charge < -0.3 is 4.98 Å². The van der Waals surface area contributed by atoms with Gasteiger partial charge in [-0.15, -0.1) is 0 Å². The number of nitrogens with zero attached hydrogens (tertiary/aromatic N) is 2. The van der Waals surface area contributed by atoms with Crippen LogP contribution in [0, 0.1) is 35.0 Å². The first-order chi connectivity index (χ1) is 12.5. The number of aromatic amines is 1. The number of aryl methyl sites for hydroxylation is 1. The standard InChI is InChI=1S/C21H14ClN3O/c1-12-5-4-7-13-15(9-17(26)25-20(12)13)19-18(21(19,10-23)11-24)14-6-2-3-8-16(14)22/h2-9,18-19H,1H3,(H,25,26). The van der Waals surface area contributed by atoms with Crippen molar-refractivity contribution in [3.63, 3.8) is 0 Å². The maximum absolute atomic E-state index is 12.2. The molecule has 0 saturated heterocycles. The minimum absolute atomic E-state index is 0.239. The second-order valence-electron chi connectivity index (χ2n) is 6.66. The van der Waals surface area contributed by atoms with Crippen LogP contribution in [-0.2, 0) is 0 Å². The highest BCUT2D eigenvalue weighted by Crippen LogP contribution is 2.71. The van der Waals surface area contributed by atoms with Crippen LogP contribution in [0.5, 0.6) is 0 Å². The Kier molecular flexibility index (Phi) is 3.61. The molecule has 1 N–H and O–H groups in total. The van der Waals surface area contributed by atoms with Crippen LogP contribution in [0.3, 0.4) is 0 Å². The predicted molar refractivity (Wildman–Crippen MR) is 99.9 cm³/mol. The van der Waals surface area contributed by atoms with Gasteiger partial charge in [0.25, 0.3) is 0 Å². The molecule has 4 nitrogen and oxygen atoms in total. The monoisotopic (exact) mass is 359 g/mol. The van der Waals surface area contributed by atoms with Crippen LogP contribution < -0.4 is 5.56 Å². The lowest BCUT2D eigenvalue weighted by Gasteiger charge is -2.08. The van der Waals surface area contributed by atoms with Gasteiger partial charge in [0.05, 0.1) is 17.7 Å². The fourth-order valence-corrected chi connectivity index (χ4v) is 4.23. The number of aromatic nitrogens is 1. The van der Waals surface area contributed by atoms with Gasteiger partial charge in [0.1, 0.15) is 0 Å². The molecule has 0 bridgehead atoms. The number of para-hydroxylation sites is 1. The van der Waals surface area contributed by atoms with Crippen LogP contribution in [-0.4, -0.2) is 4.98 Å². The van der Waals surface area contributed by atoms with E-state index in [1.165, 1.54) is 6.07 Å². The highest BCUT2D eigenvalue weighted by Gasteiger charge is 2.68. The van der Waals surface area contributed by atoms with E-state index in [1.807, 2.05) is 43.3 Å². The van der Waals surface area contributed by atoms with Crippen LogP contribution in [0.4, 0.5) is 0 Å². The summed E-state index contributed by atoms with van der Waals surface area (Å²) < 4.78 is 0. The number of pyridine rings is 1. The average Bonchev–Trinajstić information content (AvgIpc) is 3.31. The Morgan fingerprint density at radius 2 is 1.73 bits per heavy atom. The first kappa shape index (κ1) is 16.4. The van der Waals surface area contributed by atoms with Gasteiger partial charge in [-0.3, -0.25) is 4.79 Å². The van der Waals surface area contributed by atoms with E-state index in [2.05, 4.69) is 17.1 Å². The SMILES string of the molecule is Cc1cccc2c(C3C(c4ccccc4Cl)C3(C#N)C#N)cc(=O)[nH]c12. The number of hydrogen-bond donors (Lipinski definition) is 1. The molecule has 0 radical (unpaired) electrons. The molecule has 1 fully saturated rings. The molecule has 4 rings (SSSR count). The first-order valence-electron chi connectivity index (χ1n) is 8.23. The number of nitriles is 2. The van der Waals surface area contributed by atoms with Crippen LogP contribution in [0.15, 0.2) is 53.3 Å². The molecule has 5 heteroatoms. The molecule has 3 aromatic rings. The molecule has 2 aromatic carbocycles. The number of benzene rings is 2. The molecule has 0 spiro atoms. The van der Waals surface area contributed by atoms with Crippen molar-refractivity contribution in [3.05, 3.63) is 80.6 Å². The average molecular weight is 360 g/mol. The van der Waals surface area contributed by atoms with E-state index >= 15 is 0 Å². The van der Waals surface area contributed by atoms with Gasteiger partial charge in [0.2, 0.25) is 5.56 Å². The van der Waals surface area contributed by atoms with Crippen molar-refractivity contribution in [2.24, 2.45) is 5.41 Å². The van der Waals surface area contributed by atoms with E-state index in [0.29, 0.717) is 5.02 Å². The molecule has 0 aliphatic heterocycles. The Labute approximate surface area is 155 Å². The molecule has 1 heterocycles. The Morgan fingerprint density at radius 3 is 2.42 bits per heavy atom. The van der Waals surface area contributed by atoms with E-state index in [9.17, 15) is 15.3 Å². The van der Waals surface area contributed by atoms with Crippen LogP contribution in [0.25, 0.3) is 10.9 Å². The summed E-state index contributed by atoms with van der Waals surface area (Å²) in [5.41, 5.74) is 1.70. The van der Waals surface area contributed by atoms with Gasteiger partial charge in [0.15, 0.2) is 5.41 Å². The normalized spacial score (nSPS) is 20.3.